The molecule has 0 aromatic carbocycles. The molecule has 14 nitrogen and oxygen atoms in total. The van der Waals surface area contributed by atoms with Crippen molar-refractivity contribution < 1.29 is 64.6 Å². The molecule has 0 aromatic heterocycles. The molecule has 0 radical (unpaired) electrons. The number of hydrogen-bond donors (Lipinski definition) is 9. The fourth-order valence-electron chi connectivity index (χ4n) is 13.4. The SMILES string of the molecule is CCCCCCC/C=C\C/C=C\CCCCCCCCCCCCCCCCCCCCCCCCCCCCCCCC(=O)NC(COC1OC(CO)C(OC2OC(CO)C(O)C(O)C2O)C(O)C1O)C(O)/C=C/CC/C=C/CC/C=C/CCCCCCCCCCCCCC. The second kappa shape index (κ2) is 66.9. The predicted octanol–water partition coefficient (Wildman–Crippen LogP) is 18.7. The van der Waals surface area contributed by atoms with E-state index in [9.17, 15) is 45.6 Å². The van der Waals surface area contributed by atoms with Crippen LogP contribution in [0.4, 0.5) is 0 Å². The van der Waals surface area contributed by atoms with Gasteiger partial charge in [0.05, 0.1) is 32.0 Å². The molecule has 9 N–H and O–H groups in total. The zero-order chi connectivity index (χ0) is 70.1. The number of aliphatic hydroxyl groups excluding tert-OH is 8. The van der Waals surface area contributed by atoms with Gasteiger partial charge >= 0.3 is 0 Å². The summed E-state index contributed by atoms with van der Waals surface area (Å²) in [5.74, 6) is -0.247. The summed E-state index contributed by atoms with van der Waals surface area (Å²) >= 11 is 0. The van der Waals surface area contributed by atoms with Gasteiger partial charge in [0.1, 0.15) is 48.8 Å². The molecule has 2 rings (SSSR count). The van der Waals surface area contributed by atoms with Crippen LogP contribution in [-0.4, -0.2) is 140 Å². The fraction of sp³-hybridized carbons (Fsp3) is 0.867. The van der Waals surface area contributed by atoms with Gasteiger partial charge in [-0.15, -0.1) is 0 Å². The molecule has 0 aromatic rings. The molecule has 2 aliphatic heterocycles. The molecule has 12 unspecified atom stereocenters. The van der Waals surface area contributed by atoms with Gasteiger partial charge in [0.25, 0.3) is 0 Å². The van der Waals surface area contributed by atoms with E-state index in [-0.39, 0.29) is 18.9 Å². The molecule has 568 valence electrons. The molecule has 0 saturated carbocycles. The van der Waals surface area contributed by atoms with Gasteiger partial charge in [-0.05, 0) is 77.0 Å². The van der Waals surface area contributed by atoms with Gasteiger partial charge in [-0.3, -0.25) is 4.79 Å². The van der Waals surface area contributed by atoms with Gasteiger partial charge in [-0.2, -0.15) is 0 Å². The number of aliphatic hydroxyl groups is 8. The van der Waals surface area contributed by atoms with Gasteiger partial charge in [-0.25, -0.2) is 0 Å². The smallest absolute Gasteiger partial charge is 0.220 e. The second-order valence-corrected chi connectivity index (χ2v) is 28.9. The van der Waals surface area contributed by atoms with Crippen molar-refractivity contribution in [2.75, 3.05) is 19.8 Å². The number of amides is 1. The minimum atomic E-state index is -1.79. The summed E-state index contributed by atoms with van der Waals surface area (Å²) < 4.78 is 22.9. The summed E-state index contributed by atoms with van der Waals surface area (Å²) in [4.78, 5) is 13.4. The number of nitrogens with one attached hydrogen (secondary N) is 1. The Morgan fingerprint density at radius 2 is 0.691 bits per heavy atom. The van der Waals surface area contributed by atoms with E-state index in [1.165, 1.54) is 283 Å². The van der Waals surface area contributed by atoms with Gasteiger partial charge in [-0.1, -0.05) is 344 Å². The number of rotatable bonds is 69. The van der Waals surface area contributed by atoms with Crippen molar-refractivity contribution in [3.05, 3.63) is 60.8 Å². The van der Waals surface area contributed by atoms with Crippen LogP contribution in [0.2, 0.25) is 0 Å². The van der Waals surface area contributed by atoms with Crippen LogP contribution in [-0.2, 0) is 23.7 Å². The first-order valence-electron chi connectivity index (χ1n) is 41.0. The second-order valence-electron chi connectivity index (χ2n) is 28.9. The van der Waals surface area contributed by atoms with Crippen LogP contribution >= 0.6 is 0 Å². The van der Waals surface area contributed by atoms with Crippen LogP contribution in [0.1, 0.15) is 367 Å². The summed E-state index contributed by atoms with van der Waals surface area (Å²) in [7, 11) is 0. The van der Waals surface area contributed by atoms with Crippen LogP contribution < -0.4 is 5.32 Å². The average Bonchev–Trinajstić information content (AvgIpc) is 0.794. The van der Waals surface area contributed by atoms with E-state index in [4.69, 9.17) is 18.9 Å². The molecule has 14 heteroatoms. The highest BCUT2D eigenvalue weighted by atomic mass is 16.7. The average molecular weight is 1370 g/mol. The largest absolute Gasteiger partial charge is 0.394 e. The summed E-state index contributed by atoms with van der Waals surface area (Å²) in [6.45, 7) is 2.81. The monoisotopic (exact) mass is 1370 g/mol. The molecule has 1 amide bonds. The Bertz CT molecular complexity index is 1860. The highest BCUT2D eigenvalue weighted by Crippen LogP contribution is 2.30. The molecule has 0 aliphatic carbocycles. The quantitative estimate of drug-likeness (QED) is 0.0204. The Labute approximate surface area is 594 Å². The lowest BCUT2D eigenvalue weighted by Crippen LogP contribution is -2.65. The Hall–Kier alpha value is -2.31. The normalized spacial score (nSPS) is 22.4. The summed E-state index contributed by atoms with van der Waals surface area (Å²) in [6, 6.07) is -0.939. The van der Waals surface area contributed by atoms with E-state index < -0.39 is 86.8 Å². The van der Waals surface area contributed by atoms with Gasteiger partial charge in [0, 0.05) is 6.42 Å². The van der Waals surface area contributed by atoms with Gasteiger partial charge in [0.2, 0.25) is 5.91 Å². The topological polar surface area (TPSA) is 228 Å². The molecule has 2 heterocycles. The van der Waals surface area contributed by atoms with Gasteiger partial charge < -0.3 is 65.1 Å². The van der Waals surface area contributed by atoms with E-state index in [0.717, 1.165) is 51.4 Å². The summed E-state index contributed by atoms with van der Waals surface area (Å²) in [5, 5.41) is 87.6. The van der Waals surface area contributed by atoms with Crippen LogP contribution in [0, 0.1) is 0 Å². The number of ether oxygens (including phenoxy) is 4. The Kier molecular flexibility index (Phi) is 62.6. The van der Waals surface area contributed by atoms with Crippen molar-refractivity contribution in [1.29, 1.82) is 0 Å². The van der Waals surface area contributed by atoms with Crippen molar-refractivity contribution in [2.45, 2.75) is 441 Å². The highest BCUT2D eigenvalue weighted by Gasteiger charge is 2.51. The molecular weight excluding hydrogens is 1220 g/mol. The minimum Gasteiger partial charge on any atom is -0.394 e. The maximum absolute atomic E-state index is 13.4. The third-order valence-corrected chi connectivity index (χ3v) is 19.9. The lowest BCUT2D eigenvalue weighted by Gasteiger charge is -2.46. The molecular formula is C83H153NO13. The van der Waals surface area contributed by atoms with E-state index in [0.29, 0.717) is 12.8 Å². The fourth-order valence-corrected chi connectivity index (χ4v) is 13.4. The van der Waals surface area contributed by atoms with E-state index >= 15 is 0 Å². The summed E-state index contributed by atoms with van der Waals surface area (Å²) in [5.41, 5.74) is 0. The van der Waals surface area contributed by atoms with Crippen molar-refractivity contribution >= 4 is 5.91 Å². The van der Waals surface area contributed by atoms with Crippen LogP contribution in [0.5, 0.6) is 0 Å². The number of hydrogen-bond acceptors (Lipinski definition) is 13. The molecule has 2 saturated heterocycles. The minimum absolute atomic E-state index is 0.247. The lowest BCUT2D eigenvalue weighted by molar-refractivity contribution is -0.359. The number of carbonyl (C=O) groups excluding carboxylic acids is 1. The van der Waals surface area contributed by atoms with Crippen LogP contribution in [0.25, 0.3) is 0 Å². The van der Waals surface area contributed by atoms with Gasteiger partial charge in [0.15, 0.2) is 12.6 Å². The third-order valence-electron chi connectivity index (χ3n) is 19.9. The van der Waals surface area contributed by atoms with Crippen LogP contribution in [0.15, 0.2) is 60.8 Å². The van der Waals surface area contributed by atoms with E-state index in [2.05, 4.69) is 67.8 Å². The van der Waals surface area contributed by atoms with Crippen LogP contribution in [0.3, 0.4) is 0 Å². The maximum atomic E-state index is 13.4. The Balaban J connectivity index is 1.57. The lowest BCUT2D eigenvalue weighted by atomic mass is 9.97. The van der Waals surface area contributed by atoms with Crippen molar-refractivity contribution in [1.82, 2.24) is 5.32 Å². The molecule has 2 fully saturated rings. The maximum Gasteiger partial charge on any atom is 0.220 e. The highest BCUT2D eigenvalue weighted by molar-refractivity contribution is 5.76. The number of carbonyl (C=O) groups is 1. The third kappa shape index (κ3) is 49.9. The van der Waals surface area contributed by atoms with E-state index in [1.54, 1.807) is 6.08 Å². The molecule has 0 spiro atoms. The first kappa shape index (κ1) is 90.8. The standard InChI is InChI=1S/C83H153NO13/c1-3-5-7-9-11-13-15-17-19-21-23-25-27-28-29-30-31-32-33-34-35-36-37-38-39-40-41-42-43-44-45-47-49-51-53-55-57-59-61-63-65-67-75(88)84-71(70-94-82-80(93)78(91)81(74(69-86)96-82)97-83-79(92)77(90)76(89)73(68-85)95-83)72(87)66-64-62-60-58-56-54-52-50-48-46-26-24-22-20-18-16-14-12-10-8-6-4-2/h15,17,21,23,48,50,56,58,64,66,71-74,76-83,85-87,89-93H,3-14,16,18-20,22,24-47,49,51-55,57,59-63,65,67-70H2,1-2H3,(H,84,88)/b17-15-,23-21-,50-48+,58-56+,66-64+. The first-order chi connectivity index (χ1) is 47.6. The molecule has 2 aliphatic rings. The van der Waals surface area contributed by atoms with Crippen molar-refractivity contribution in [3.8, 4) is 0 Å². The molecule has 97 heavy (non-hydrogen) atoms. The zero-order valence-corrected chi connectivity index (χ0v) is 62.3. The molecule has 12 atom stereocenters. The predicted molar refractivity (Wildman–Crippen MR) is 401 cm³/mol. The zero-order valence-electron chi connectivity index (χ0n) is 62.3. The molecule has 0 bridgehead atoms. The van der Waals surface area contributed by atoms with Crippen molar-refractivity contribution in [2.24, 2.45) is 0 Å². The Morgan fingerprint density at radius 1 is 0.371 bits per heavy atom. The Morgan fingerprint density at radius 3 is 1.07 bits per heavy atom. The number of unbranched alkanes of at least 4 members (excludes halogenated alkanes) is 48. The summed E-state index contributed by atoms with van der Waals surface area (Å²) in [6.07, 6.45) is 74.7. The number of allylic oxidation sites excluding steroid dienone is 9. The first-order valence-corrected chi connectivity index (χ1v) is 41.0. The van der Waals surface area contributed by atoms with E-state index in [1.807, 2.05) is 6.08 Å². The van der Waals surface area contributed by atoms with Crippen molar-refractivity contribution in [3.63, 3.8) is 0 Å².